The van der Waals surface area contributed by atoms with Crippen molar-refractivity contribution < 1.29 is 37.6 Å². The Morgan fingerprint density at radius 3 is 2.00 bits per heavy atom. The Hall–Kier alpha value is -0.760. The first kappa shape index (κ1) is 34.2. The highest BCUT2D eigenvalue weighted by Crippen LogP contribution is 2.38. The molecule has 0 bridgehead atoms. The molecule has 0 aromatic rings. The summed E-state index contributed by atoms with van der Waals surface area (Å²) < 4.78 is 26.6. The van der Waals surface area contributed by atoms with E-state index in [0.29, 0.717) is 17.4 Å². The van der Waals surface area contributed by atoms with Crippen molar-refractivity contribution >= 4 is 13.8 Å². The minimum Gasteiger partial charge on any atom is -0.756 e. The maximum absolute atomic E-state index is 11.8. The summed E-state index contributed by atoms with van der Waals surface area (Å²) in [5, 5.41) is 9.79. The quantitative estimate of drug-likeness (QED) is 0.0467. The van der Waals surface area contributed by atoms with Crippen LogP contribution in [0.4, 0.5) is 0 Å². The predicted molar refractivity (Wildman–Crippen MR) is 139 cm³/mol. The fourth-order valence-electron chi connectivity index (χ4n) is 3.29. The van der Waals surface area contributed by atoms with E-state index in [1.165, 1.54) is 51.4 Å². The van der Waals surface area contributed by atoms with Gasteiger partial charge in [-0.1, -0.05) is 70.4 Å². The van der Waals surface area contributed by atoms with E-state index in [-0.39, 0.29) is 13.2 Å². The summed E-state index contributed by atoms with van der Waals surface area (Å²) >= 11 is 0. The van der Waals surface area contributed by atoms with Crippen LogP contribution in [0.1, 0.15) is 96.8 Å². The molecule has 8 nitrogen and oxygen atoms in total. The van der Waals surface area contributed by atoms with Crippen LogP contribution in [0, 0.1) is 0 Å². The largest absolute Gasteiger partial charge is 0.756 e. The van der Waals surface area contributed by atoms with Gasteiger partial charge in [0.25, 0.3) is 7.82 Å². The lowest BCUT2D eigenvalue weighted by Crippen LogP contribution is -2.37. The number of nitrogens with zero attached hydrogens (tertiary/aromatic N) is 1. The van der Waals surface area contributed by atoms with Crippen LogP contribution < -0.4 is 4.89 Å². The van der Waals surface area contributed by atoms with Gasteiger partial charge in [-0.05, 0) is 32.1 Å². The van der Waals surface area contributed by atoms with Crippen LogP contribution in [-0.4, -0.2) is 69.2 Å². The van der Waals surface area contributed by atoms with Crippen LogP contribution in [0.25, 0.3) is 0 Å². The number of ether oxygens (including phenoxy) is 1. The Bertz CT molecular complexity index is 593. The number of unbranched alkanes of at least 4 members (excludes halogenated alkanes) is 11. The van der Waals surface area contributed by atoms with Gasteiger partial charge >= 0.3 is 5.97 Å². The zero-order chi connectivity index (χ0) is 26.4. The number of quaternary nitrogens is 1. The van der Waals surface area contributed by atoms with Gasteiger partial charge in [0.15, 0.2) is 0 Å². The molecule has 1 N–H and O–H groups in total. The first-order valence-corrected chi connectivity index (χ1v) is 14.9. The van der Waals surface area contributed by atoms with Crippen LogP contribution >= 0.6 is 7.82 Å². The lowest BCUT2D eigenvalue weighted by Gasteiger charge is -2.27. The van der Waals surface area contributed by atoms with E-state index >= 15 is 0 Å². The average Bonchev–Trinajstić information content (AvgIpc) is 2.78. The first-order chi connectivity index (χ1) is 16.6. The number of carbonyl (C=O) groups is 1. The SMILES string of the molecule is C[N+](C)(C)CCOP(=O)([O-])OC[C@H](O)COC(=O)CCCCCCC/C=C/CCCCCCC[13CH3]. The third kappa shape index (κ3) is 26.1. The third-order valence-corrected chi connectivity index (χ3v) is 6.48. The molecular formula is C26H52NO7P. The highest BCUT2D eigenvalue weighted by atomic mass is 31.2. The summed E-state index contributed by atoms with van der Waals surface area (Å²) in [6, 6.07) is 0. The molecule has 9 heteroatoms. The second kappa shape index (κ2) is 21.3. The zero-order valence-electron chi connectivity index (χ0n) is 22.8. The average molecular weight is 523 g/mol. The minimum atomic E-state index is -4.49. The van der Waals surface area contributed by atoms with Crippen molar-refractivity contribution in [3.05, 3.63) is 12.2 Å². The number of allylic oxidation sites excluding steroid dienone is 2. The summed E-state index contributed by atoms with van der Waals surface area (Å²) in [4.78, 5) is 23.5. The summed E-state index contributed by atoms with van der Waals surface area (Å²) in [7, 11) is 1.24. The van der Waals surface area contributed by atoms with Gasteiger partial charge in [-0.15, -0.1) is 0 Å². The van der Waals surface area contributed by atoms with Gasteiger partial charge in [0.2, 0.25) is 0 Å². The van der Waals surface area contributed by atoms with Crippen molar-refractivity contribution in [2.45, 2.75) is 103 Å². The molecule has 0 heterocycles. The molecular weight excluding hydrogens is 470 g/mol. The summed E-state index contributed by atoms with van der Waals surface area (Å²) in [6.45, 7) is 1.92. The molecule has 35 heavy (non-hydrogen) atoms. The molecule has 0 spiro atoms. The Balaban J connectivity index is 3.59. The second-order valence-electron chi connectivity index (χ2n) is 10.3. The van der Waals surface area contributed by atoms with Crippen molar-refractivity contribution in [3.63, 3.8) is 0 Å². The van der Waals surface area contributed by atoms with Crippen LogP contribution in [0.15, 0.2) is 12.2 Å². The fourth-order valence-corrected chi connectivity index (χ4v) is 4.03. The molecule has 0 saturated carbocycles. The topological polar surface area (TPSA) is 105 Å². The van der Waals surface area contributed by atoms with Gasteiger partial charge in [0.1, 0.15) is 25.9 Å². The number of hydrogen-bond acceptors (Lipinski definition) is 7. The lowest BCUT2D eigenvalue weighted by atomic mass is 10.1. The number of phosphoric ester groups is 1. The van der Waals surface area contributed by atoms with Gasteiger partial charge in [-0.3, -0.25) is 9.36 Å². The van der Waals surface area contributed by atoms with Crippen molar-refractivity contribution in [2.24, 2.45) is 0 Å². The van der Waals surface area contributed by atoms with Gasteiger partial charge < -0.3 is 28.3 Å². The van der Waals surface area contributed by atoms with Crippen molar-refractivity contribution in [2.75, 3.05) is 47.5 Å². The van der Waals surface area contributed by atoms with E-state index in [1.807, 2.05) is 21.1 Å². The normalized spacial score (nSPS) is 14.8. The third-order valence-electron chi connectivity index (χ3n) is 5.52. The lowest BCUT2D eigenvalue weighted by molar-refractivity contribution is -0.870. The molecule has 208 valence electrons. The molecule has 0 amide bonds. The van der Waals surface area contributed by atoms with Gasteiger partial charge in [0, 0.05) is 6.42 Å². The van der Waals surface area contributed by atoms with Crippen molar-refractivity contribution in [1.29, 1.82) is 0 Å². The number of rotatable bonds is 24. The fraction of sp³-hybridized carbons (Fsp3) is 0.885. The molecule has 0 rings (SSSR count). The number of aliphatic hydroxyl groups excluding tert-OH is 1. The number of carbonyl (C=O) groups excluding carboxylic acids is 1. The highest BCUT2D eigenvalue weighted by Gasteiger charge is 2.16. The van der Waals surface area contributed by atoms with Crippen molar-refractivity contribution in [3.8, 4) is 0 Å². The molecule has 0 aromatic heterocycles. The molecule has 2 atom stereocenters. The first-order valence-electron chi connectivity index (χ1n) is 13.4. The standard InChI is InChI=1S/C26H52NO7P/c1-5-6-7-8-9-10-11-12-13-14-15-16-17-18-19-20-26(29)32-23-25(28)24-34-35(30,31)33-22-21-27(2,3)4/h12-13,25,28H,5-11,14-24H2,1-4H3/b13-12+/t25-/m1/s1/i1+1. The van der Waals surface area contributed by atoms with E-state index in [2.05, 4.69) is 23.6 Å². The predicted octanol–water partition coefficient (Wildman–Crippen LogP) is 5.14. The number of hydrogen-bond donors (Lipinski definition) is 1. The molecule has 0 saturated heterocycles. The molecule has 0 radical (unpaired) electrons. The maximum Gasteiger partial charge on any atom is 0.305 e. The molecule has 0 fully saturated rings. The summed E-state index contributed by atoms with van der Waals surface area (Å²) in [6.07, 6.45) is 19.1. The molecule has 0 aliphatic carbocycles. The number of aliphatic hydroxyl groups is 1. The minimum absolute atomic E-state index is 0.00862. The second-order valence-corrected chi connectivity index (χ2v) is 11.7. The van der Waals surface area contributed by atoms with Crippen molar-refractivity contribution in [1.82, 2.24) is 0 Å². The highest BCUT2D eigenvalue weighted by molar-refractivity contribution is 7.45. The van der Waals surface area contributed by atoms with Crippen LogP contribution in [0.3, 0.4) is 0 Å². The molecule has 0 aliphatic heterocycles. The smallest absolute Gasteiger partial charge is 0.305 e. The van der Waals surface area contributed by atoms with E-state index in [1.54, 1.807) is 0 Å². The number of esters is 1. The zero-order valence-corrected chi connectivity index (χ0v) is 23.6. The van der Waals surface area contributed by atoms with Gasteiger partial charge in [0.05, 0.1) is 27.7 Å². The monoisotopic (exact) mass is 522 g/mol. The number of likely N-dealkylation sites (N-methyl/N-ethyl adjacent to an activating group) is 1. The van der Waals surface area contributed by atoms with Gasteiger partial charge in [-0.2, -0.15) is 0 Å². The Kier molecular flexibility index (Phi) is 20.9. The van der Waals surface area contributed by atoms with Crippen LogP contribution in [0.5, 0.6) is 0 Å². The van der Waals surface area contributed by atoms with E-state index < -0.39 is 26.5 Å². The Morgan fingerprint density at radius 1 is 0.886 bits per heavy atom. The maximum atomic E-state index is 11.8. The Labute approximate surface area is 214 Å². The van der Waals surface area contributed by atoms with Gasteiger partial charge in [-0.25, -0.2) is 0 Å². The van der Waals surface area contributed by atoms with Crippen LogP contribution in [0.2, 0.25) is 0 Å². The summed E-state index contributed by atoms with van der Waals surface area (Å²) in [5.74, 6) is -0.397. The summed E-state index contributed by atoms with van der Waals surface area (Å²) in [5.41, 5.74) is 0. The molecule has 0 aliphatic rings. The number of phosphoric acid groups is 1. The van der Waals surface area contributed by atoms with Crippen LogP contribution in [-0.2, 0) is 23.1 Å². The van der Waals surface area contributed by atoms with E-state index in [9.17, 15) is 19.4 Å². The molecule has 0 aromatic carbocycles. The van der Waals surface area contributed by atoms with E-state index in [0.717, 1.165) is 32.1 Å². The molecule has 1 unspecified atom stereocenters. The Morgan fingerprint density at radius 2 is 1.43 bits per heavy atom. The van der Waals surface area contributed by atoms with E-state index in [4.69, 9.17) is 9.26 Å².